The van der Waals surface area contributed by atoms with Gasteiger partial charge in [0.2, 0.25) is 0 Å². The summed E-state index contributed by atoms with van der Waals surface area (Å²) in [6.45, 7) is 3.51. The van der Waals surface area contributed by atoms with Crippen molar-refractivity contribution in [3.8, 4) is 11.5 Å². The van der Waals surface area contributed by atoms with Gasteiger partial charge < -0.3 is 15.3 Å². The lowest BCUT2D eigenvalue weighted by Gasteiger charge is -2.32. The summed E-state index contributed by atoms with van der Waals surface area (Å²) in [5.74, 6) is -0.695. The normalized spacial score (nSPS) is 11.4. The molecule has 28 heavy (non-hydrogen) atoms. The summed E-state index contributed by atoms with van der Waals surface area (Å²) >= 11 is 0. The summed E-state index contributed by atoms with van der Waals surface area (Å²) in [6.07, 6.45) is 0.924. The molecular formula is C24H24O4. The minimum Gasteiger partial charge on any atom is -0.508 e. The molecule has 0 aliphatic heterocycles. The number of benzene rings is 3. The Bertz CT molecular complexity index is 941. The smallest absolute Gasteiger partial charge is 0.318 e. The molecule has 0 saturated heterocycles. The number of carboxylic acid groups (broad SMARTS) is 1. The zero-order valence-corrected chi connectivity index (χ0v) is 16.0. The summed E-state index contributed by atoms with van der Waals surface area (Å²) in [5, 5.41) is 30.3. The van der Waals surface area contributed by atoms with Gasteiger partial charge in [0.15, 0.2) is 0 Å². The molecule has 3 aromatic carbocycles. The van der Waals surface area contributed by atoms with Gasteiger partial charge in [-0.3, -0.25) is 4.79 Å². The van der Waals surface area contributed by atoms with Gasteiger partial charge in [-0.1, -0.05) is 54.6 Å². The monoisotopic (exact) mass is 376 g/mol. The molecule has 0 saturated carbocycles. The topological polar surface area (TPSA) is 77.8 Å². The number of aryl methyl sites for hydroxylation is 3. The molecule has 0 atom stereocenters. The molecule has 3 N–H and O–H groups in total. The van der Waals surface area contributed by atoms with Gasteiger partial charge in [-0.05, 0) is 66.6 Å². The lowest BCUT2D eigenvalue weighted by Crippen LogP contribution is -2.38. The van der Waals surface area contributed by atoms with Crippen LogP contribution in [0.4, 0.5) is 0 Å². The zero-order valence-electron chi connectivity index (χ0n) is 16.0. The summed E-state index contributed by atoms with van der Waals surface area (Å²) in [5.41, 5.74) is 2.22. The molecular weight excluding hydrogens is 352 g/mol. The Morgan fingerprint density at radius 2 is 1.32 bits per heavy atom. The number of aromatic hydroxyl groups is 2. The predicted octanol–water partition coefficient (Wildman–Crippen LogP) is 4.72. The van der Waals surface area contributed by atoms with E-state index in [4.69, 9.17) is 0 Å². The fraction of sp³-hybridized carbons (Fsp3) is 0.208. The SMILES string of the molecule is Cc1cc(C(CCc2ccccc2)(C(=O)O)c2ccc(O)c(C)c2)ccc1O. The molecule has 0 aromatic heterocycles. The van der Waals surface area contributed by atoms with Crippen LogP contribution in [0, 0.1) is 13.8 Å². The predicted molar refractivity (Wildman–Crippen MR) is 109 cm³/mol. The molecule has 0 heterocycles. The van der Waals surface area contributed by atoms with Gasteiger partial charge in [0.05, 0.1) is 0 Å². The van der Waals surface area contributed by atoms with Gasteiger partial charge in [-0.2, -0.15) is 0 Å². The first-order chi connectivity index (χ1) is 13.3. The standard InChI is InChI=1S/C24H24O4/c1-16-14-19(8-10-21(16)25)24(23(27)28,13-12-18-6-4-3-5-7-18)20-9-11-22(26)17(2)15-20/h3-11,14-15,25-26H,12-13H2,1-2H3,(H,27,28). The van der Waals surface area contributed by atoms with Crippen molar-refractivity contribution in [3.63, 3.8) is 0 Å². The van der Waals surface area contributed by atoms with Crippen molar-refractivity contribution >= 4 is 5.97 Å². The second-order valence-corrected chi connectivity index (χ2v) is 7.20. The van der Waals surface area contributed by atoms with Crippen molar-refractivity contribution < 1.29 is 20.1 Å². The Kier molecular flexibility index (Phi) is 5.41. The van der Waals surface area contributed by atoms with E-state index in [-0.39, 0.29) is 11.5 Å². The highest BCUT2D eigenvalue weighted by Gasteiger charge is 2.42. The minimum atomic E-state index is -1.30. The van der Waals surface area contributed by atoms with Gasteiger partial charge >= 0.3 is 5.97 Å². The van der Waals surface area contributed by atoms with E-state index in [9.17, 15) is 20.1 Å². The van der Waals surface area contributed by atoms with E-state index >= 15 is 0 Å². The van der Waals surface area contributed by atoms with E-state index in [1.165, 1.54) is 12.1 Å². The highest BCUT2D eigenvalue weighted by molar-refractivity contribution is 5.86. The van der Waals surface area contributed by atoms with Crippen LogP contribution < -0.4 is 0 Å². The largest absolute Gasteiger partial charge is 0.508 e. The average Bonchev–Trinajstić information content (AvgIpc) is 2.68. The molecule has 4 heteroatoms. The average molecular weight is 376 g/mol. The molecule has 0 radical (unpaired) electrons. The Morgan fingerprint density at radius 1 is 0.821 bits per heavy atom. The van der Waals surface area contributed by atoms with Gasteiger partial charge in [0, 0.05) is 0 Å². The number of phenols is 2. The van der Waals surface area contributed by atoms with E-state index in [0.29, 0.717) is 35.1 Å². The Balaban J connectivity index is 2.18. The van der Waals surface area contributed by atoms with E-state index in [1.54, 1.807) is 38.1 Å². The Morgan fingerprint density at radius 3 is 1.75 bits per heavy atom. The number of carbonyl (C=O) groups is 1. The lowest BCUT2D eigenvalue weighted by atomic mass is 9.70. The number of carboxylic acids is 1. The van der Waals surface area contributed by atoms with Crippen LogP contribution in [-0.4, -0.2) is 21.3 Å². The van der Waals surface area contributed by atoms with Crippen LogP contribution in [0.3, 0.4) is 0 Å². The molecule has 0 fully saturated rings. The van der Waals surface area contributed by atoms with Crippen molar-refractivity contribution in [2.45, 2.75) is 32.1 Å². The molecule has 0 bridgehead atoms. The number of aliphatic carboxylic acids is 1. The van der Waals surface area contributed by atoms with Crippen molar-refractivity contribution in [1.29, 1.82) is 0 Å². The Hall–Kier alpha value is -3.27. The summed E-state index contributed by atoms with van der Waals surface area (Å²) in [4.78, 5) is 12.7. The van der Waals surface area contributed by atoms with Crippen molar-refractivity contribution in [2.24, 2.45) is 0 Å². The van der Waals surface area contributed by atoms with Crippen LogP contribution in [-0.2, 0) is 16.6 Å². The molecule has 0 amide bonds. The van der Waals surface area contributed by atoms with Crippen LogP contribution in [0.2, 0.25) is 0 Å². The second-order valence-electron chi connectivity index (χ2n) is 7.20. The Labute approximate surface area is 164 Å². The first-order valence-corrected chi connectivity index (χ1v) is 9.22. The number of phenolic OH excluding ortho intramolecular Hbond substituents is 2. The lowest BCUT2D eigenvalue weighted by molar-refractivity contribution is -0.142. The van der Waals surface area contributed by atoms with E-state index in [1.807, 2.05) is 30.3 Å². The van der Waals surface area contributed by atoms with Crippen molar-refractivity contribution in [1.82, 2.24) is 0 Å². The molecule has 0 aliphatic carbocycles. The molecule has 3 aromatic rings. The fourth-order valence-corrected chi connectivity index (χ4v) is 3.63. The van der Waals surface area contributed by atoms with Crippen LogP contribution in [0.1, 0.15) is 34.2 Å². The van der Waals surface area contributed by atoms with Gasteiger partial charge in [-0.15, -0.1) is 0 Å². The summed E-state index contributed by atoms with van der Waals surface area (Å²) < 4.78 is 0. The fourth-order valence-electron chi connectivity index (χ4n) is 3.63. The van der Waals surface area contributed by atoms with E-state index < -0.39 is 11.4 Å². The highest BCUT2D eigenvalue weighted by Crippen LogP contribution is 2.40. The van der Waals surface area contributed by atoms with Crippen LogP contribution >= 0.6 is 0 Å². The maximum Gasteiger partial charge on any atom is 0.318 e. The van der Waals surface area contributed by atoms with Gasteiger partial charge in [-0.25, -0.2) is 0 Å². The van der Waals surface area contributed by atoms with Gasteiger partial charge in [0.1, 0.15) is 16.9 Å². The third-order valence-electron chi connectivity index (χ3n) is 5.38. The highest BCUT2D eigenvalue weighted by atomic mass is 16.4. The van der Waals surface area contributed by atoms with Crippen molar-refractivity contribution in [3.05, 3.63) is 94.5 Å². The third kappa shape index (κ3) is 3.58. The summed E-state index contributed by atoms with van der Waals surface area (Å²) in [6, 6.07) is 19.7. The first kappa shape index (κ1) is 19.5. The van der Waals surface area contributed by atoms with Crippen LogP contribution in [0.25, 0.3) is 0 Å². The maximum absolute atomic E-state index is 12.7. The quantitative estimate of drug-likeness (QED) is 0.582. The maximum atomic E-state index is 12.7. The molecule has 0 aliphatic rings. The first-order valence-electron chi connectivity index (χ1n) is 9.22. The van der Waals surface area contributed by atoms with Crippen LogP contribution in [0.5, 0.6) is 11.5 Å². The molecule has 3 rings (SSSR count). The van der Waals surface area contributed by atoms with Crippen LogP contribution in [0.15, 0.2) is 66.7 Å². The zero-order chi connectivity index (χ0) is 20.3. The molecule has 4 nitrogen and oxygen atoms in total. The third-order valence-corrected chi connectivity index (χ3v) is 5.38. The number of hydrogen-bond donors (Lipinski definition) is 3. The molecule has 0 unspecified atom stereocenters. The molecule has 0 spiro atoms. The molecule has 144 valence electrons. The second kappa shape index (κ2) is 7.77. The summed E-state index contributed by atoms with van der Waals surface area (Å²) in [7, 11) is 0. The van der Waals surface area contributed by atoms with E-state index in [2.05, 4.69) is 0 Å². The minimum absolute atomic E-state index is 0.132. The van der Waals surface area contributed by atoms with E-state index in [0.717, 1.165) is 5.56 Å². The van der Waals surface area contributed by atoms with Crippen molar-refractivity contribution in [2.75, 3.05) is 0 Å². The van der Waals surface area contributed by atoms with Gasteiger partial charge in [0.25, 0.3) is 0 Å². The number of hydrogen-bond acceptors (Lipinski definition) is 3. The number of rotatable bonds is 6.